The predicted molar refractivity (Wildman–Crippen MR) is 112 cm³/mol. The number of guanidine groups is 1. The Morgan fingerprint density at radius 3 is 2.58 bits per heavy atom. The molecule has 1 saturated heterocycles. The third-order valence-electron chi connectivity index (χ3n) is 5.04. The molecule has 3 rings (SSSR count). The molecule has 1 aromatic carbocycles. The second-order valence-electron chi connectivity index (χ2n) is 7.15. The highest BCUT2D eigenvalue weighted by Crippen LogP contribution is 2.31. The minimum absolute atomic E-state index is 0. The summed E-state index contributed by atoms with van der Waals surface area (Å²) in [5, 5.41) is 3.57. The van der Waals surface area contributed by atoms with Crippen LogP contribution in [-0.2, 0) is 6.54 Å². The number of aliphatic imine (C=N–C) groups is 1. The van der Waals surface area contributed by atoms with E-state index >= 15 is 0 Å². The average Bonchev–Trinajstić information content (AvgIpc) is 3.29. The minimum atomic E-state index is 0. The number of halogens is 1. The molecule has 0 bridgehead atoms. The van der Waals surface area contributed by atoms with E-state index in [0.717, 1.165) is 31.0 Å². The number of hydrogen-bond acceptors (Lipinski definition) is 2. The van der Waals surface area contributed by atoms with Gasteiger partial charge in [0, 0.05) is 39.8 Å². The Labute approximate surface area is 163 Å². The van der Waals surface area contributed by atoms with Crippen molar-refractivity contribution in [3.63, 3.8) is 0 Å². The lowest BCUT2D eigenvalue weighted by atomic mass is 10.1. The van der Waals surface area contributed by atoms with Gasteiger partial charge in [0.25, 0.3) is 0 Å². The van der Waals surface area contributed by atoms with Gasteiger partial charge in [0.05, 0.1) is 0 Å². The van der Waals surface area contributed by atoms with Crippen LogP contribution in [0.4, 0.5) is 0 Å². The van der Waals surface area contributed by atoms with Crippen molar-refractivity contribution in [2.75, 3.05) is 33.7 Å². The number of aryl methyl sites for hydroxylation is 1. The molecule has 1 aliphatic heterocycles. The number of nitrogens with one attached hydrogen (secondary N) is 1. The van der Waals surface area contributed by atoms with Crippen molar-refractivity contribution >= 4 is 29.9 Å². The van der Waals surface area contributed by atoms with E-state index in [0.29, 0.717) is 0 Å². The Balaban J connectivity index is 0.00000208. The Morgan fingerprint density at radius 2 is 1.96 bits per heavy atom. The van der Waals surface area contributed by atoms with Gasteiger partial charge in [-0.1, -0.05) is 29.8 Å². The van der Waals surface area contributed by atoms with E-state index in [1.807, 2.05) is 7.05 Å². The maximum atomic E-state index is 4.45. The maximum Gasteiger partial charge on any atom is 0.193 e. The fourth-order valence-corrected chi connectivity index (χ4v) is 3.46. The predicted octanol–water partition coefficient (Wildman–Crippen LogP) is 3.10. The number of hydrogen-bond donors (Lipinski definition) is 1. The first-order chi connectivity index (χ1) is 11.2. The van der Waals surface area contributed by atoms with Crippen LogP contribution >= 0.6 is 24.0 Å². The van der Waals surface area contributed by atoms with Gasteiger partial charge in [0.1, 0.15) is 0 Å². The fraction of sp³-hybridized carbons (Fsp3) is 0.632. The first-order valence-electron chi connectivity index (χ1n) is 8.87. The van der Waals surface area contributed by atoms with Crippen molar-refractivity contribution in [2.24, 2.45) is 10.9 Å². The van der Waals surface area contributed by atoms with Crippen molar-refractivity contribution in [1.82, 2.24) is 15.1 Å². The Morgan fingerprint density at radius 1 is 1.25 bits per heavy atom. The zero-order chi connectivity index (χ0) is 16.2. The van der Waals surface area contributed by atoms with Gasteiger partial charge in [-0.25, -0.2) is 0 Å². The van der Waals surface area contributed by atoms with Crippen LogP contribution in [0.1, 0.15) is 30.4 Å². The lowest BCUT2D eigenvalue weighted by Gasteiger charge is -2.24. The molecule has 1 heterocycles. The SMILES string of the molecule is CN=C(NCC1CCN(C2CC2)C1)N(C)Cc1ccc(C)cc1.I. The normalized spacial score (nSPS) is 21.5. The molecule has 1 aliphatic carbocycles. The van der Waals surface area contributed by atoms with E-state index in [1.165, 1.54) is 43.5 Å². The maximum absolute atomic E-state index is 4.45. The van der Waals surface area contributed by atoms with Crippen molar-refractivity contribution in [1.29, 1.82) is 0 Å². The summed E-state index contributed by atoms with van der Waals surface area (Å²) in [6.45, 7) is 6.60. The van der Waals surface area contributed by atoms with Crippen LogP contribution in [0.5, 0.6) is 0 Å². The lowest BCUT2D eigenvalue weighted by Crippen LogP contribution is -2.41. The van der Waals surface area contributed by atoms with Gasteiger partial charge in [-0.15, -0.1) is 24.0 Å². The molecule has 1 aromatic rings. The molecule has 0 aromatic heterocycles. The highest BCUT2D eigenvalue weighted by atomic mass is 127. The average molecular weight is 442 g/mol. The van der Waals surface area contributed by atoms with Gasteiger partial charge in [-0.05, 0) is 44.2 Å². The molecule has 0 radical (unpaired) electrons. The van der Waals surface area contributed by atoms with Gasteiger partial charge in [0.15, 0.2) is 5.96 Å². The van der Waals surface area contributed by atoms with E-state index < -0.39 is 0 Å². The van der Waals surface area contributed by atoms with E-state index in [4.69, 9.17) is 0 Å². The first kappa shape index (κ1) is 19.5. The van der Waals surface area contributed by atoms with Gasteiger partial charge >= 0.3 is 0 Å². The Bertz CT molecular complexity index is 539. The monoisotopic (exact) mass is 442 g/mol. The summed E-state index contributed by atoms with van der Waals surface area (Å²) in [6.07, 6.45) is 4.16. The number of benzene rings is 1. The topological polar surface area (TPSA) is 30.9 Å². The molecular formula is C19H31IN4. The van der Waals surface area contributed by atoms with Crippen LogP contribution in [0.25, 0.3) is 0 Å². The van der Waals surface area contributed by atoms with E-state index in [1.54, 1.807) is 0 Å². The summed E-state index contributed by atoms with van der Waals surface area (Å²) in [5.74, 6) is 1.76. The van der Waals surface area contributed by atoms with E-state index in [9.17, 15) is 0 Å². The summed E-state index contributed by atoms with van der Waals surface area (Å²) < 4.78 is 0. The molecule has 2 aliphatic rings. The largest absolute Gasteiger partial charge is 0.356 e. The molecule has 0 amide bonds. The lowest BCUT2D eigenvalue weighted by molar-refractivity contribution is 0.313. The van der Waals surface area contributed by atoms with Crippen LogP contribution in [0.3, 0.4) is 0 Å². The Hall–Kier alpha value is -0.820. The van der Waals surface area contributed by atoms with Crippen LogP contribution in [-0.4, -0.2) is 55.5 Å². The summed E-state index contributed by atoms with van der Waals surface area (Å²) in [5.41, 5.74) is 2.63. The summed E-state index contributed by atoms with van der Waals surface area (Å²) in [7, 11) is 3.99. The van der Waals surface area contributed by atoms with Gasteiger partial charge in [-0.2, -0.15) is 0 Å². The first-order valence-corrected chi connectivity index (χ1v) is 8.87. The summed E-state index contributed by atoms with van der Waals surface area (Å²) in [6, 6.07) is 9.64. The highest BCUT2D eigenvalue weighted by molar-refractivity contribution is 14.0. The smallest absolute Gasteiger partial charge is 0.193 e. The highest BCUT2D eigenvalue weighted by Gasteiger charge is 2.34. The summed E-state index contributed by atoms with van der Waals surface area (Å²) >= 11 is 0. The third kappa shape index (κ3) is 5.34. The minimum Gasteiger partial charge on any atom is -0.356 e. The zero-order valence-corrected chi connectivity index (χ0v) is 17.5. The van der Waals surface area contributed by atoms with Crippen molar-refractivity contribution in [3.8, 4) is 0 Å². The number of nitrogens with zero attached hydrogens (tertiary/aromatic N) is 3. The zero-order valence-electron chi connectivity index (χ0n) is 15.2. The van der Waals surface area contributed by atoms with Crippen molar-refractivity contribution in [2.45, 2.75) is 38.8 Å². The molecule has 1 atom stereocenters. The second kappa shape index (κ2) is 9.04. The second-order valence-corrected chi connectivity index (χ2v) is 7.15. The molecule has 1 unspecified atom stereocenters. The third-order valence-corrected chi connectivity index (χ3v) is 5.04. The van der Waals surface area contributed by atoms with Gasteiger partial charge < -0.3 is 15.1 Å². The molecular weight excluding hydrogens is 411 g/mol. The molecule has 2 fully saturated rings. The molecule has 1 N–H and O–H groups in total. The quantitative estimate of drug-likeness (QED) is 0.432. The van der Waals surface area contributed by atoms with Crippen molar-refractivity contribution in [3.05, 3.63) is 35.4 Å². The van der Waals surface area contributed by atoms with Crippen LogP contribution < -0.4 is 5.32 Å². The summed E-state index contributed by atoms with van der Waals surface area (Å²) in [4.78, 5) is 9.33. The molecule has 134 valence electrons. The molecule has 24 heavy (non-hydrogen) atoms. The van der Waals surface area contributed by atoms with Crippen LogP contribution in [0.2, 0.25) is 0 Å². The molecule has 5 heteroatoms. The molecule has 0 spiro atoms. The van der Waals surface area contributed by atoms with Crippen LogP contribution in [0.15, 0.2) is 29.3 Å². The number of likely N-dealkylation sites (tertiary alicyclic amines) is 1. The van der Waals surface area contributed by atoms with Gasteiger partial charge in [0.2, 0.25) is 0 Å². The Kier molecular flexibility index (Phi) is 7.34. The number of rotatable bonds is 5. The fourth-order valence-electron chi connectivity index (χ4n) is 3.46. The van der Waals surface area contributed by atoms with Crippen LogP contribution in [0, 0.1) is 12.8 Å². The van der Waals surface area contributed by atoms with Gasteiger partial charge in [-0.3, -0.25) is 4.99 Å². The standard InChI is InChI=1S/C19H30N4.HI/c1-15-4-6-16(7-5-15)13-22(3)19(20-2)21-12-17-10-11-23(14-17)18-8-9-18;/h4-7,17-18H,8-14H2,1-3H3,(H,20,21);1H. The van der Waals surface area contributed by atoms with Crippen molar-refractivity contribution < 1.29 is 0 Å². The molecule has 1 saturated carbocycles. The molecule has 4 nitrogen and oxygen atoms in total. The van der Waals surface area contributed by atoms with E-state index in [2.05, 4.69) is 58.3 Å². The van der Waals surface area contributed by atoms with E-state index in [-0.39, 0.29) is 24.0 Å².